The van der Waals surface area contributed by atoms with Crippen LogP contribution in [0.25, 0.3) is 5.76 Å². The predicted octanol–water partition coefficient (Wildman–Crippen LogP) is 2.75. The molecular formula is C25H30N2O7. The van der Waals surface area contributed by atoms with Crippen molar-refractivity contribution in [2.75, 3.05) is 53.6 Å². The molecular weight excluding hydrogens is 440 g/mol. The molecule has 34 heavy (non-hydrogen) atoms. The lowest BCUT2D eigenvalue weighted by atomic mass is 9.99. The van der Waals surface area contributed by atoms with E-state index in [4.69, 9.17) is 18.6 Å². The summed E-state index contributed by atoms with van der Waals surface area (Å²) >= 11 is 0. The maximum atomic E-state index is 13.1. The SMILES string of the molecule is COc1ccc(/C(O)=C2\C(=O)C(=O)N(CCCN3CCOCC3)[C@@H]2c2ccc(C)o2)cc1OC. The van der Waals surface area contributed by atoms with E-state index in [1.165, 1.54) is 19.1 Å². The third-order valence-corrected chi connectivity index (χ3v) is 6.20. The van der Waals surface area contributed by atoms with Gasteiger partial charge >= 0.3 is 0 Å². The number of Topliss-reactive ketones (excluding diaryl/α,β-unsaturated/α-hetero) is 1. The summed E-state index contributed by atoms with van der Waals surface area (Å²) in [6.07, 6.45) is 0.680. The van der Waals surface area contributed by atoms with Crippen molar-refractivity contribution in [2.24, 2.45) is 0 Å². The van der Waals surface area contributed by atoms with Gasteiger partial charge in [-0.25, -0.2) is 0 Å². The van der Waals surface area contributed by atoms with E-state index in [9.17, 15) is 14.7 Å². The number of morpholine rings is 1. The molecule has 0 spiro atoms. The predicted molar refractivity (Wildman–Crippen MR) is 124 cm³/mol. The van der Waals surface area contributed by atoms with Gasteiger partial charge in [-0.15, -0.1) is 0 Å². The van der Waals surface area contributed by atoms with Crippen molar-refractivity contribution in [1.29, 1.82) is 0 Å². The number of rotatable bonds is 8. The minimum atomic E-state index is -0.813. The zero-order valence-electron chi connectivity index (χ0n) is 19.7. The monoisotopic (exact) mass is 470 g/mol. The zero-order chi connectivity index (χ0) is 24.2. The first-order valence-corrected chi connectivity index (χ1v) is 11.3. The lowest BCUT2D eigenvalue weighted by molar-refractivity contribution is -0.140. The number of hydrogen-bond acceptors (Lipinski definition) is 8. The number of aliphatic hydroxyl groups excluding tert-OH is 1. The van der Waals surface area contributed by atoms with Crippen molar-refractivity contribution >= 4 is 17.4 Å². The first kappa shape index (κ1) is 23.8. The Balaban J connectivity index is 1.67. The standard InChI is InChI=1S/C25H30N2O7/c1-16-5-7-19(34-16)22-21(23(28)17-6-8-18(31-2)20(15-17)32-3)24(29)25(30)27(22)10-4-9-26-11-13-33-14-12-26/h5-8,15,22,28H,4,9-14H2,1-3H3/b23-21+/t22-/m1/s1. The molecule has 0 bridgehead atoms. The van der Waals surface area contributed by atoms with Gasteiger partial charge in [0.1, 0.15) is 23.3 Å². The Morgan fingerprint density at radius 1 is 1.06 bits per heavy atom. The summed E-state index contributed by atoms with van der Waals surface area (Å²) in [4.78, 5) is 30.0. The number of ether oxygens (including phenoxy) is 3. The molecule has 1 atom stereocenters. The van der Waals surface area contributed by atoms with Crippen LogP contribution in [0.1, 0.15) is 29.5 Å². The maximum Gasteiger partial charge on any atom is 0.295 e. The molecule has 0 unspecified atom stereocenters. The summed E-state index contributed by atoms with van der Waals surface area (Å²) in [5.41, 5.74) is 0.343. The highest BCUT2D eigenvalue weighted by atomic mass is 16.5. The quantitative estimate of drug-likeness (QED) is 0.357. The fourth-order valence-corrected chi connectivity index (χ4v) is 4.44. The number of likely N-dealkylation sites (tertiary alicyclic amines) is 1. The van der Waals surface area contributed by atoms with Crippen LogP contribution >= 0.6 is 0 Å². The van der Waals surface area contributed by atoms with Gasteiger partial charge in [-0.2, -0.15) is 0 Å². The third kappa shape index (κ3) is 4.67. The molecule has 2 fully saturated rings. The number of amides is 1. The summed E-state index contributed by atoms with van der Waals surface area (Å²) in [6, 6.07) is 7.53. The fraction of sp³-hybridized carbons (Fsp3) is 0.440. The Hall–Kier alpha value is -3.30. The number of benzene rings is 1. The highest BCUT2D eigenvalue weighted by Gasteiger charge is 2.47. The van der Waals surface area contributed by atoms with Gasteiger partial charge in [-0.3, -0.25) is 14.5 Å². The van der Waals surface area contributed by atoms with Crippen LogP contribution in [0, 0.1) is 6.92 Å². The van der Waals surface area contributed by atoms with Crippen LogP contribution in [0.5, 0.6) is 11.5 Å². The molecule has 9 nitrogen and oxygen atoms in total. The molecule has 2 aliphatic rings. The van der Waals surface area contributed by atoms with E-state index < -0.39 is 17.7 Å². The van der Waals surface area contributed by atoms with E-state index in [1.807, 2.05) is 0 Å². The molecule has 3 heterocycles. The van der Waals surface area contributed by atoms with Crippen LogP contribution in [-0.2, 0) is 14.3 Å². The van der Waals surface area contributed by atoms with Crippen molar-refractivity contribution in [1.82, 2.24) is 9.80 Å². The molecule has 2 saturated heterocycles. The first-order valence-electron chi connectivity index (χ1n) is 11.3. The molecule has 0 saturated carbocycles. The molecule has 2 aromatic rings. The van der Waals surface area contributed by atoms with Gasteiger partial charge < -0.3 is 28.6 Å². The Morgan fingerprint density at radius 3 is 2.44 bits per heavy atom. The highest BCUT2D eigenvalue weighted by molar-refractivity contribution is 6.46. The first-order chi connectivity index (χ1) is 16.4. The lowest BCUT2D eigenvalue weighted by Gasteiger charge is -2.28. The van der Waals surface area contributed by atoms with Gasteiger partial charge in [0, 0.05) is 31.7 Å². The Bertz CT molecular complexity index is 1080. The number of carbonyl (C=O) groups excluding carboxylic acids is 2. The highest BCUT2D eigenvalue weighted by Crippen LogP contribution is 2.41. The van der Waals surface area contributed by atoms with Gasteiger partial charge in [0.2, 0.25) is 0 Å². The van der Waals surface area contributed by atoms with Crippen molar-refractivity contribution in [3.05, 3.63) is 53.0 Å². The number of ketones is 1. The van der Waals surface area contributed by atoms with Crippen molar-refractivity contribution in [2.45, 2.75) is 19.4 Å². The van der Waals surface area contributed by atoms with Crippen LogP contribution in [-0.4, -0.2) is 80.2 Å². The second-order valence-electron chi connectivity index (χ2n) is 8.32. The number of hydrogen-bond donors (Lipinski definition) is 1. The molecule has 0 radical (unpaired) electrons. The smallest absolute Gasteiger partial charge is 0.295 e. The third-order valence-electron chi connectivity index (χ3n) is 6.20. The van der Waals surface area contributed by atoms with Crippen LogP contribution in [0.15, 0.2) is 40.3 Å². The minimum Gasteiger partial charge on any atom is -0.507 e. The number of nitrogens with zero attached hydrogens (tertiary/aromatic N) is 2. The zero-order valence-corrected chi connectivity index (χ0v) is 19.7. The second kappa shape index (κ2) is 10.3. The molecule has 182 valence electrons. The van der Waals surface area contributed by atoms with Gasteiger partial charge in [0.15, 0.2) is 11.5 Å². The van der Waals surface area contributed by atoms with Gasteiger partial charge in [-0.1, -0.05) is 0 Å². The summed E-state index contributed by atoms with van der Waals surface area (Å²) in [5.74, 6) is 0.303. The molecule has 9 heteroatoms. The summed E-state index contributed by atoms with van der Waals surface area (Å²) in [7, 11) is 3.00. The second-order valence-corrected chi connectivity index (χ2v) is 8.32. The van der Waals surface area contributed by atoms with E-state index in [0.29, 0.717) is 54.8 Å². The molecule has 0 aliphatic carbocycles. The van der Waals surface area contributed by atoms with Crippen LogP contribution < -0.4 is 9.47 Å². The number of furan rings is 1. The normalized spacial score (nSPS) is 20.7. The largest absolute Gasteiger partial charge is 0.507 e. The maximum absolute atomic E-state index is 13.1. The van der Waals surface area contributed by atoms with Crippen LogP contribution in [0.3, 0.4) is 0 Å². The average Bonchev–Trinajstić information content (AvgIpc) is 3.39. The molecule has 2 aliphatic heterocycles. The van der Waals surface area contributed by atoms with E-state index in [0.717, 1.165) is 19.6 Å². The van der Waals surface area contributed by atoms with Crippen molar-refractivity contribution < 1.29 is 33.3 Å². The molecule has 1 aromatic heterocycles. The number of aryl methyl sites for hydroxylation is 1. The van der Waals surface area contributed by atoms with E-state index >= 15 is 0 Å². The molecule has 1 amide bonds. The van der Waals surface area contributed by atoms with Crippen LogP contribution in [0.4, 0.5) is 0 Å². The van der Waals surface area contributed by atoms with Gasteiger partial charge in [-0.05, 0) is 43.7 Å². The lowest BCUT2D eigenvalue weighted by Crippen LogP contribution is -2.38. The average molecular weight is 471 g/mol. The van der Waals surface area contributed by atoms with E-state index in [-0.39, 0.29) is 11.3 Å². The summed E-state index contributed by atoms with van der Waals surface area (Å²) < 4.78 is 21.8. The summed E-state index contributed by atoms with van der Waals surface area (Å²) in [6.45, 7) is 6.02. The fourth-order valence-electron chi connectivity index (χ4n) is 4.44. The molecule has 4 rings (SSSR count). The molecule has 1 aromatic carbocycles. The number of aliphatic hydroxyl groups is 1. The van der Waals surface area contributed by atoms with Crippen molar-refractivity contribution in [3.8, 4) is 11.5 Å². The topological polar surface area (TPSA) is 102 Å². The Kier molecular flexibility index (Phi) is 7.23. The number of carbonyl (C=O) groups is 2. The number of methoxy groups -OCH3 is 2. The van der Waals surface area contributed by atoms with E-state index in [1.54, 1.807) is 37.3 Å². The van der Waals surface area contributed by atoms with Gasteiger partial charge in [0.05, 0.1) is 33.0 Å². The minimum absolute atomic E-state index is 0.00191. The van der Waals surface area contributed by atoms with Gasteiger partial charge in [0.25, 0.3) is 11.7 Å². The Labute approximate surface area is 198 Å². The molecule has 1 N–H and O–H groups in total. The Morgan fingerprint density at radius 2 is 1.79 bits per heavy atom. The van der Waals surface area contributed by atoms with E-state index in [2.05, 4.69) is 4.90 Å². The van der Waals surface area contributed by atoms with Crippen LogP contribution in [0.2, 0.25) is 0 Å². The van der Waals surface area contributed by atoms with Crippen molar-refractivity contribution in [3.63, 3.8) is 0 Å². The summed E-state index contributed by atoms with van der Waals surface area (Å²) in [5, 5.41) is 11.2.